The Balaban J connectivity index is 0.00000242. The lowest BCUT2D eigenvalue weighted by Crippen LogP contribution is -2.52. The van der Waals surface area contributed by atoms with Crippen LogP contribution in [0.15, 0.2) is 5.38 Å². The topological polar surface area (TPSA) is 74.3 Å². The first-order chi connectivity index (χ1) is 9.97. The van der Waals surface area contributed by atoms with Gasteiger partial charge in [0.1, 0.15) is 0 Å². The number of nitrogens with one attached hydrogen (secondary N) is 2. The number of anilines is 1. The third-order valence-corrected chi connectivity index (χ3v) is 4.27. The van der Waals surface area contributed by atoms with E-state index in [1.165, 1.54) is 11.3 Å². The molecule has 1 unspecified atom stereocenters. The maximum Gasteiger partial charge on any atom is 0.228 e. The van der Waals surface area contributed by atoms with Crippen LogP contribution in [0.4, 0.5) is 5.13 Å². The first-order valence-electron chi connectivity index (χ1n) is 7.23. The number of aromatic nitrogens is 1. The maximum absolute atomic E-state index is 12.3. The molecular weight excluding hydrogens is 359 g/mol. The Morgan fingerprint density at radius 1 is 1.48 bits per heavy atom. The van der Waals surface area contributed by atoms with Crippen LogP contribution in [0.2, 0.25) is 0 Å². The molecule has 23 heavy (non-hydrogen) atoms. The van der Waals surface area contributed by atoms with Gasteiger partial charge in [0.05, 0.1) is 12.1 Å². The predicted octanol–water partition coefficient (Wildman–Crippen LogP) is 1.94. The molecule has 1 fully saturated rings. The Labute approximate surface area is 153 Å². The van der Waals surface area contributed by atoms with Crippen molar-refractivity contribution >= 4 is 53.1 Å². The Bertz CT molecular complexity index is 525. The normalized spacial score (nSPS) is 17.2. The molecule has 0 saturated carbocycles. The van der Waals surface area contributed by atoms with Gasteiger partial charge in [-0.25, -0.2) is 4.98 Å². The van der Waals surface area contributed by atoms with E-state index in [9.17, 15) is 9.59 Å². The van der Waals surface area contributed by atoms with E-state index in [0.29, 0.717) is 11.6 Å². The van der Waals surface area contributed by atoms with Crippen molar-refractivity contribution in [1.29, 1.82) is 0 Å². The molecule has 0 aliphatic carbocycles. The molecule has 9 heteroatoms. The standard InChI is InChI=1S/C14H22N4O2S.2ClH/c1-9(2)13(20)17-14-16-11(8-21-14)6-12(19)18-5-4-15-7-10(18)3;;/h8-10,15H,4-7H2,1-3H3,(H,16,17,20);2*1H. The molecule has 1 aliphatic rings. The summed E-state index contributed by atoms with van der Waals surface area (Å²) in [6.07, 6.45) is 0.290. The molecule has 1 aromatic heterocycles. The number of carbonyl (C=O) groups is 2. The van der Waals surface area contributed by atoms with Gasteiger partial charge >= 0.3 is 0 Å². The zero-order valence-corrected chi connectivity index (χ0v) is 15.9. The molecule has 0 spiro atoms. The Morgan fingerprint density at radius 2 is 2.17 bits per heavy atom. The van der Waals surface area contributed by atoms with Crippen molar-refractivity contribution in [3.8, 4) is 0 Å². The molecule has 0 aromatic carbocycles. The minimum absolute atomic E-state index is 0. The van der Waals surface area contributed by atoms with Crippen LogP contribution in [0.1, 0.15) is 26.5 Å². The summed E-state index contributed by atoms with van der Waals surface area (Å²) in [5.74, 6) is -0.0466. The highest BCUT2D eigenvalue weighted by Crippen LogP contribution is 2.17. The summed E-state index contributed by atoms with van der Waals surface area (Å²) in [6.45, 7) is 8.11. The monoisotopic (exact) mass is 382 g/mol. The zero-order valence-electron chi connectivity index (χ0n) is 13.5. The van der Waals surface area contributed by atoms with E-state index in [1.54, 1.807) is 0 Å². The number of hydrogen-bond acceptors (Lipinski definition) is 5. The van der Waals surface area contributed by atoms with Gasteiger partial charge < -0.3 is 15.5 Å². The third-order valence-electron chi connectivity index (χ3n) is 3.46. The molecule has 1 atom stereocenters. The average Bonchev–Trinajstić information content (AvgIpc) is 2.86. The van der Waals surface area contributed by atoms with Crippen molar-refractivity contribution in [2.45, 2.75) is 33.2 Å². The quantitative estimate of drug-likeness (QED) is 0.834. The van der Waals surface area contributed by atoms with Gasteiger partial charge in [0.2, 0.25) is 11.8 Å². The van der Waals surface area contributed by atoms with E-state index in [2.05, 4.69) is 15.6 Å². The Hall–Kier alpha value is -0.890. The second kappa shape index (κ2) is 10.1. The highest BCUT2D eigenvalue weighted by Gasteiger charge is 2.23. The van der Waals surface area contributed by atoms with Crippen molar-refractivity contribution in [2.75, 3.05) is 25.0 Å². The number of rotatable bonds is 4. The van der Waals surface area contributed by atoms with Crippen LogP contribution in [0.5, 0.6) is 0 Å². The molecule has 2 N–H and O–H groups in total. The van der Waals surface area contributed by atoms with Crippen LogP contribution < -0.4 is 10.6 Å². The highest BCUT2D eigenvalue weighted by molar-refractivity contribution is 7.13. The molecule has 2 rings (SSSR count). The largest absolute Gasteiger partial charge is 0.337 e. The highest BCUT2D eigenvalue weighted by atomic mass is 35.5. The molecule has 2 heterocycles. The third kappa shape index (κ3) is 6.25. The van der Waals surface area contributed by atoms with Gasteiger partial charge in [0, 0.05) is 37.0 Å². The fourth-order valence-electron chi connectivity index (χ4n) is 2.16. The molecule has 6 nitrogen and oxygen atoms in total. The van der Waals surface area contributed by atoms with E-state index >= 15 is 0 Å². The van der Waals surface area contributed by atoms with Crippen molar-refractivity contribution in [3.63, 3.8) is 0 Å². The Morgan fingerprint density at radius 3 is 2.78 bits per heavy atom. The second-order valence-corrected chi connectivity index (χ2v) is 6.46. The molecule has 1 aromatic rings. The van der Waals surface area contributed by atoms with E-state index in [1.807, 2.05) is 31.1 Å². The number of carbonyl (C=O) groups excluding carboxylic acids is 2. The second-order valence-electron chi connectivity index (χ2n) is 5.61. The maximum atomic E-state index is 12.3. The summed E-state index contributed by atoms with van der Waals surface area (Å²) in [5.41, 5.74) is 0.717. The summed E-state index contributed by atoms with van der Waals surface area (Å²) < 4.78 is 0. The Kier molecular flexibility index (Phi) is 9.68. The number of piperazine rings is 1. The van der Waals surface area contributed by atoms with Crippen molar-refractivity contribution in [2.24, 2.45) is 5.92 Å². The van der Waals surface area contributed by atoms with Crippen LogP contribution >= 0.6 is 36.2 Å². The fourth-order valence-corrected chi connectivity index (χ4v) is 2.88. The molecular formula is C14H24Cl2N4O2S. The van der Waals surface area contributed by atoms with Gasteiger partial charge in [-0.1, -0.05) is 13.8 Å². The summed E-state index contributed by atoms with van der Waals surface area (Å²) in [5, 5.41) is 8.42. The molecule has 0 radical (unpaired) electrons. The van der Waals surface area contributed by atoms with Crippen molar-refractivity contribution in [3.05, 3.63) is 11.1 Å². The van der Waals surface area contributed by atoms with Gasteiger partial charge in [-0.15, -0.1) is 36.2 Å². The minimum Gasteiger partial charge on any atom is -0.337 e. The van der Waals surface area contributed by atoms with Crippen LogP contribution in [0.3, 0.4) is 0 Å². The number of thiazole rings is 1. The summed E-state index contributed by atoms with van der Waals surface area (Å²) >= 11 is 1.36. The van der Waals surface area contributed by atoms with Crippen molar-refractivity contribution < 1.29 is 9.59 Å². The molecule has 0 bridgehead atoms. The van der Waals surface area contributed by atoms with Crippen LogP contribution in [0, 0.1) is 5.92 Å². The van der Waals surface area contributed by atoms with E-state index in [0.717, 1.165) is 25.3 Å². The summed E-state index contributed by atoms with van der Waals surface area (Å²) in [6, 6.07) is 0.213. The number of nitrogens with zero attached hydrogens (tertiary/aromatic N) is 2. The molecule has 132 valence electrons. The number of hydrogen-bond donors (Lipinski definition) is 2. The summed E-state index contributed by atoms with van der Waals surface area (Å²) in [7, 11) is 0. The van der Waals surface area contributed by atoms with Crippen LogP contribution in [-0.2, 0) is 16.0 Å². The SMILES string of the molecule is CC(C)C(=O)Nc1nc(CC(=O)N2CCNCC2C)cs1.Cl.Cl. The fraction of sp³-hybridized carbons (Fsp3) is 0.643. The summed E-state index contributed by atoms with van der Waals surface area (Å²) in [4.78, 5) is 30.1. The van der Waals surface area contributed by atoms with E-state index in [-0.39, 0.29) is 48.6 Å². The van der Waals surface area contributed by atoms with Crippen LogP contribution in [-0.4, -0.2) is 47.4 Å². The van der Waals surface area contributed by atoms with Gasteiger partial charge in [-0.05, 0) is 6.92 Å². The lowest BCUT2D eigenvalue weighted by Gasteiger charge is -2.33. The van der Waals surface area contributed by atoms with Gasteiger partial charge in [0.15, 0.2) is 5.13 Å². The van der Waals surface area contributed by atoms with Gasteiger partial charge in [0.25, 0.3) is 0 Å². The minimum atomic E-state index is -0.0827. The predicted molar refractivity (Wildman–Crippen MR) is 97.8 cm³/mol. The lowest BCUT2D eigenvalue weighted by molar-refractivity contribution is -0.133. The number of halogens is 2. The zero-order chi connectivity index (χ0) is 15.4. The van der Waals surface area contributed by atoms with E-state index < -0.39 is 0 Å². The smallest absolute Gasteiger partial charge is 0.228 e. The molecule has 1 aliphatic heterocycles. The van der Waals surface area contributed by atoms with Crippen LogP contribution in [0.25, 0.3) is 0 Å². The van der Waals surface area contributed by atoms with Gasteiger partial charge in [-0.2, -0.15) is 0 Å². The van der Waals surface area contributed by atoms with Crippen molar-refractivity contribution in [1.82, 2.24) is 15.2 Å². The number of amides is 2. The first-order valence-corrected chi connectivity index (χ1v) is 8.10. The van der Waals surface area contributed by atoms with E-state index in [4.69, 9.17) is 0 Å². The van der Waals surface area contributed by atoms with Gasteiger partial charge in [-0.3, -0.25) is 9.59 Å². The molecule has 2 amide bonds. The first kappa shape index (κ1) is 22.1. The lowest BCUT2D eigenvalue weighted by atomic mass is 10.2. The average molecular weight is 383 g/mol. The molecule has 1 saturated heterocycles.